The number of ether oxygens (including phenoxy) is 1. The van der Waals surface area contributed by atoms with Crippen molar-refractivity contribution in [3.8, 4) is 5.88 Å². The summed E-state index contributed by atoms with van der Waals surface area (Å²) in [5, 5.41) is 11.1. The fourth-order valence-electron chi connectivity index (χ4n) is 3.66. The first-order chi connectivity index (χ1) is 13.8. The Hall–Kier alpha value is -2.63. The predicted molar refractivity (Wildman–Crippen MR) is 114 cm³/mol. The Morgan fingerprint density at radius 1 is 1.04 bits per heavy atom. The molecule has 0 saturated carbocycles. The number of hydrogen-bond donors (Lipinski definition) is 2. The van der Waals surface area contributed by atoms with Gasteiger partial charge in [-0.05, 0) is 49.6 Å². The van der Waals surface area contributed by atoms with Gasteiger partial charge >= 0.3 is 0 Å². The van der Waals surface area contributed by atoms with E-state index < -0.39 is 0 Å². The zero-order valence-electron chi connectivity index (χ0n) is 16.1. The molecule has 4 rings (SSSR count). The molecule has 0 bridgehead atoms. The zero-order valence-corrected chi connectivity index (χ0v) is 16.1. The van der Waals surface area contributed by atoms with E-state index in [1.165, 1.54) is 24.9 Å². The summed E-state index contributed by atoms with van der Waals surface area (Å²) in [6, 6.07) is 16.2. The van der Waals surface area contributed by atoms with Gasteiger partial charge in [-0.25, -0.2) is 0 Å². The molecule has 0 spiro atoms. The number of nitrogens with one attached hydrogen (secondary N) is 1. The lowest BCUT2D eigenvalue weighted by Crippen LogP contribution is -2.36. The fraction of sp³-hybridized carbons (Fsp3) is 0.348. The third kappa shape index (κ3) is 4.61. The zero-order chi connectivity index (χ0) is 19.2. The molecular formula is C23H27N3O2. The molecule has 3 aromatic rings. The van der Waals surface area contributed by atoms with Gasteiger partial charge in [-0.2, -0.15) is 0 Å². The van der Waals surface area contributed by atoms with Gasteiger partial charge in [-0.3, -0.25) is 9.89 Å². The summed E-state index contributed by atoms with van der Waals surface area (Å²) in [5.74, 6) is 0.154. The molecule has 0 unspecified atom stereocenters. The first kappa shape index (κ1) is 18.7. The van der Waals surface area contributed by atoms with Crippen molar-refractivity contribution in [2.45, 2.75) is 19.3 Å². The Balaban J connectivity index is 1.30. The summed E-state index contributed by atoms with van der Waals surface area (Å²) < 4.78 is 5.39. The highest BCUT2D eigenvalue weighted by Crippen LogP contribution is 2.26. The number of aryl methyl sites for hydroxylation is 1. The van der Waals surface area contributed by atoms with E-state index in [0.717, 1.165) is 54.9 Å². The molecule has 2 heterocycles. The standard InChI is InChI=1S/C23H27N3O2/c27-23-21(20-6-1-2-7-22(20)25-23)17-24-19-10-8-18(9-11-19)5-3-4-12-26-13-15-28-16-14-26/h1-2,6-11,17,25,27H,3-5,12-16H2. The lowest BCUT2D eigenvalue weighted by molar-refractivity contribution is 0.0372. The molecule has 5 nitrogen and oxygen atoms in total. The van der Waals surface area contributed by atoms with Crippen LogP contribution in [0.5, 0.6) is 5.88 Å². The molecule has 1 aromatic heterocycles. The summed E-state index contributed by atoms with van der Waals surface area (Å²) in [6.07, 6.45) is 5.24. The molecule has 0 atom stereocenters. The molecule has 5 heteroatoms. The van der Waals surface area contributed by atoms with Gasteiger partial charge in [0, 0.05) is 30.2 Å². The minimum absolute atomic E-state index is 0.154. The number of H-pyrrole nitrogens is 1. The lowest BCUT2D eigenvalue weighted by Gasteiger charge is -2.26. The van der Waals surface area contributed by atoms with Crippen LogP contribution in [0.2, 0.25) is 0 Å². The highest BCUT2D eigenvalue weighted by Gasteiger charge is 2.09. The Bertz CT molecular complexity index is 925. The Morgan fingerprint density at radius 3 is 2.64 bits per heavy atom. The fourth-order valence-corrected chi connectivity index (χ4v) is 3.66. The first-order valence-electron chi connectivity index (χ1n) is 10.0. The van der Waals surface area contributed by atoms with Gasteiger partial charge in [0.1, 0.15) is 0 Å². The van der Waals surface area contributed by atoms with Crippen molar-refractivity contribution in [1.29, 1.82) is 0 Å². The van der Waals surface area contributed by atoms with Crippen LogP contribution in [0.25, 0.3) is 10.9 Å². The van der Waals surface area contributed by atoms with E-state index in [2.05, 4.69) is 27.0 Å². The van der Waals surface area contributed by atoms with Crippen molar-refractivity contribution in [3.63, 3.8) is 0 Å². The summed E-state index contributed by atoms with van der Waals surface area (Å²) in [4.78, 5) is 10.0. The number of hydrogen-bond acceptors (Lipinski definition) is 4. The van der Waals surface area contributed by atoms with Gasteiger partial charge in [0.25, 0.3) is 0 Å². The van der Waals surface area contributed by atoms with Crippen molar-refractivity contribution < 1.29 is 9.84 Å². The molecule has 28 heavy (non-hydrogen) atoms. The van der Waals surface area contributed by atoms with Crippen LogP contribution in [-0.2, 0) is 11.2 Å². The molecule has 1 fully saturated rings. The number of fused-ring (bicyclic) bond motifs is 1. The minimum Gasteiger partial charge on any atom is -0.494 e. The van der Waals surface area contributed by atoms with Crippen LogP contribution in [0.3, 0.4) is 0 Å². The average molecular weight is 377 g/mol. The Kier molecular flexibility index (Phi) is 6.04. The van der Waals surface area contributed by atoms with Crippen LogP contribution < -0.4 is 0 Å². The third-order valence-corrected chi connectivity index (χ3v) is 5.30. The van der Waals surface area contributed by atoms with E-state index in [0.29, 0.717) is 0 Å². The highest BCUT2D eigenvalue weighted by molar-refractivity contribution is 6.02. The molecule has 2 aromatic carbocycles. The van der Waals surface area contributed by atoms with E-state index in [4.69, 9.17) is 4.74 Å². The predicted octanol–water partition coefficient (Wildman–Crippen LogP) is 4.28. The normalized spacial score (nSPS) is 15.6. The molecule has 0 amide bonds. The van der Waals surface area contributed by atoms with Gasteiger partial charge in [0.05, 0.1) is 24.5 Å². The SMILES string of the molecule is Oc1[nH]c2ccccc2c1C=Nc1ccc(CCCCN2CCOCC2)cc1. The third-order valence-electron chi connectivity index (χ3n) is 5.30. The number of rotatable bonds is 7. The molecule has 1 saturated heterocycles. The number of aromatic hydroxyl groups is 1. The smallest absolute Gasteiger partial charge is 0.198 e. The van der Waals surface area contributed by atoms with Gasteiger partial charge in [-0.15, -0.1) is 0 Å². The summed E-state index contributed by atoms with van der Waals surface area (Å²) >= 11 is 0. The number of para-hydroxylation sites is 1. The van der Waals surface area contributed by atoms with Crippen molar-refractivity contribution >= 4 is 22.8 Å². The molecule has 1 aliphatic rings. The Labute approximate surface area is 165 Å². The lowest BCUT2D eigenvalue weighted by atomic mass is 10.1. The second-order valence-electron chi connectivity index (χ2n) is 7.27. The molecule has 0 radical (unpaired) electrons. The molecule has 146 valence electrons. The number of nitrogens with zero attached hydrogens (tertiary/aromatic N) is 2. The van der Waals surface area contributed by atoms with Gasteiger partial charge in [0.2, 0.25) is 0 Å². The van der Waals surface area contributed by atoms with Crippen LogP contribution >= 0.6 is 0 Å². The van der Waals surface area contributed by atoms with Gasteiger partial charge in [-0.1, -0.05) is 30.3 Å². The summed E-state index contributed by atoms with van der Waals surface area (Å²) in [5.41, 5.74) is 3.87. The quantitative estimate of drug-likeness (QED) is 0.477. The first-order valence-corrected chi connectivity index (χ1v) is 10.0. The van der Waals surface area contributed by atoms with E-state index in [1.54, 1.807) is 6.21 Å². The number of morpholine rings is 1. The van der Waals surface area contributed by atoms with Crippen molar-refractivity contribution in [2.75, 3.05) is 32.8 Å². The summed E-state index contributed by atoms with van der Waals surface area (Å²) in [7, 11) is 0. The second kappa shape index (κ2) is 9.04. The molecule has 1 aliphatic heterocycles. The largest absolute Gasteiger partial charge is 0.494 e. The highest BCUT2D eigenvalue weighted by atomic mass is 16.5. The number of aromatic nitrogens is 1. The average Bonchev–Trinajstić information content (AvgIpc) is 3.06. The van der Waals surface area contributed by atoms with Crippen LogP contribution in [-0.4, -0.2) is 54.1 Å². The van der Waals surface area contributed by atoms with Crippen molar-refractivity contribution in [2.24, 2.45) is 4.99 Å². The van der Waals surface area contributed by atoms with Crippen LogP contribution in [0.1, 0.15) is 24.0 Å². The van der Waals surface area contributed by atoms with E-state index in [9.17, 15) is 5.11 Å². The van der Waals surface area contributed by atoms with Crippen LogP contribution in [0, 0.1) is 0 Å². The number of aliphatic imine (C=N–C) groups is 1. The van der Waals surface area contributed by atoms with Gasteiger partial charge in [0.15, 0.2) is 5.88 Å². The maximum atomic E-state index is 10.1. The summed E-state index contributed by atoms with van der Waals surface area (Å²) in [6.45, 7) is 5.05. The molecule has 0 aliphatic carbocycles. The topological polar surface area (TPSA) is 60.8 Å². The minimum atomic E-state index is 0.154. The van der Waals surface area contributed by atoms with Gasteiger partial charge < -0.3 is 14.8 Å². The van der Waals surface area contributed by atoms with E-state index in [1.807, 2.05) is 36.4 Å². The van der Waals surface area contributed by atoms with Crippen LogP contribution in [0.4, 0.5) is 5.69 Å². The van der Waals surface area contributed by atoms with E-state index >= 15 is 0 Å². The number of unbranched alkanes of at least 4 members (excludes halogenated alkanes) is 1. The number of aromatic amines is 1. The molecule has 2 N–H and O–H groups in total. The molecular weight excluding hydrogens is 350 g/mol. The Morgan fingerprint density at radius 2 is 1.82 bits per heavy atom. The monoisotopic (exact) mass is 377 g/mol. The van der Waals surface area contributed by atoms with Crippen LogP contribution in [0.15, 0.2) is 53.5 Å². The van der Waals surface area contributed by atoms with Crippen molar-refractivity contribution in [3.05, 3.63) is 59.7 Å². The maximum absolute atomic E-state index is 10.1. The second-order valence-corrected chi connectivity index (χ2v) is 7.27. The van der Waals surface area contributed by atoms with E-state index in [-0.39, 0.29) is 5.88 Å². The number of benzene rings is 2. The van der Waals surface area contributed by atoms with Crippen molar-refractivity contribution in [1.82, 2.24) is 9.88 Å². The maximum Gasteiger partial charge on any atom is 0.198 e.